The highest BCUT2D eigenvalue weighted by molar-refractivity contribution is 7.99. The highest BCUT2D eigenvalue weighted by Gasteiger charge is 2.36. The van der Waals surface area contributed by atoms with Crippen molar-refractivity contribution in [3.63, 3.8) is 0 Å². The van der Waals surface area contributed by atoms with Gasteiger partial charge in [0.15, 0.2) is 0 Å². The number of thiocarbonyl (C=S) groups is 1. The van der Waals surface area contributed by atoms with Crippen molar-refractivity contribution in [1.29, 1.82) is 0 Å². The maximum absolute atomic E-state index is 13.1. The van der Waals surface area contributed by atoms with Crippen molar-refractivity contribution < 1.29 is 24.6 Å². The van der Waals surface area contributed by atoms with E-state index in [9.17, 15) is 24.6 Å². The number of aliphatic carboxylic acids is 2. The molecule has 3 N–H and O–H groups in total. The summed E-state index contributed by atoms with van der Waals surface area (Å²) in [5, 5.41) is 21.8. The van der Waals surface area contributed by atoms with Crippen molar-refractivity contribution in [3.8, 4) is 0 Å². The predicted octanol–water partition coefficient (Wildman–Crippen LogP) is 1.84. The van der Waals surface area contributed by atoms with Crippen molar-refractivity contribution in [3.05, 3.63) is 35.9 Å². The summed E-state index contributed by atoms with van der Waals surface area (Å²) >= 11 is 6.66. The standard InChI is InChI=1S/C20H26N2O5S2/c1-13(28)9-15-11-29-12-17(19(25)22(15)10-18(23)24)21-16(20(26)27)8-7-14-5-3-2-4-6-14/h2-6,15-17,21H,7-12H2,1H3,(H,23,24)(H,26,27). The van der Waals surface area contributed by atoms with E-state index < -0.39 is 30.6 Å². The van der Waals surface area contributed by atoms with E-state index in [2.05, 4.69) is 5.32 Å². The number of amides is 1. The Bertz CT molecular complexity index is 744. The number of rotatable bonds is 10. The number of nitrogens with zero attached hydrogens (tertiary/aromatic N) is 1. The molecule has 0 aliphatic carbocycles. The normalized spacial score (nSPS) is 20.7. The lowest BCUT2D eigenvalue weighted by molar-refractivity contribution is -0.147. The van der Waals surface area contributed by atoms with Crippen LogP contribution in [0.4, 0.5) is 0 Å². The van der Waals surface area contributed by atoms with Crippen molar-refractivity contribution in [2.24, 2.45) is 0 Å². The number of hydrogen-bond donors (Lipinski definition) is 3. The molecule has 1 aliphatic heterocycles. The van der Waals surface area contributed by atoms with Crippen LogP contribution in [0.15, 0.2) is 30.3 Å². The first-order chi connectivity index (χ1) is 13.8. The molecule has 7 nitrogen and oxygen atoms in total. The van der Waals surface area contributed by atoms with Gasteiger partial charge in [-0.15, -0.1) is 0 Å². The van der Waals surface area contributed by atoms with Crippen molar-refractivity contribution >= 4 is 46.7 Å². The van der Waals surface area contributed by atoms with Gasteiger partial charge in [-0.3, -0.25) is 19.7 Å². The molecule has 0 spiro atoms. The Morgan fingerprint density at radius 3 is 2.55 bits per heavy atom. The zero-order valence-corrected chi connectivity index (χ0v) is 17.9. The minimum absolute atomic E-state index is 0.305. The number of benzene rings is 1. The van der Waals surface area contributed by atoms with Crippen LogP contribution in [-0.4, -0.2) is 74.0 Å². The fourth-order valence-electron chi connectivity index (χ4n) is 3.31. The Balaban J connectivity index is 2.11. The van der Waals surface area contributed by atoms with Crippen LogP contribution in [0.2, 0.25) is 0 Å². The van der Waals surface area contributed by atoms with Gasteiger partial charge in [0.25, 0.3) is 0 Å². The number of carbonyl (C=O) groups is 3. The third-order valence-corrected chi connectivity index (χ3v) is 6.07. The van der Waals surface area contributed by atoms with Crippen molar-refractivity contribution in [2.45, 2.75) is 44.3 Å². The van der Waals surface area contributed by atoms with E-state index in [1.165, 1.54) is 16.7 Å². The molecule has 3 atom stereocenters. The van der Waals surface area contributed by atoms with Crippen LogP contribution >= 0.6 is 24.0 Å². The lowest BCUT2D eigenvalue weighted by atomic mass is 10.0. The van der Waals surface area contributed by atoms with Crippen LogP contribution in [0.25, 0.3) is 0 Å². The van der Waals surface area contributed by atoms with E-state index in [0.717, 1.165) is 5.56 Å². The smallest absolute Gasteiger partial charge is 0.323 e. The van der Waals surface area contributed by atoms with Crippen molar-refractivity contribution in [1.82, 2.24) is 10.2 Å². The second-order valence-electron chi connectivity index (χ2n) is 7.09. The maximum Gasteiger partial charge on any atom is 0.323 e. The van der Waals surface area contributed by atoms with Crippen LogP contribution in [0.5, 0.6) is 0 Å². The summed E-state index contributed by atoms with van der Waals surface area (Å²) < 4.78 is 0. The number of carbonyl (C=O) groups excluding carboxylic acids is 1. The van der Waals surface area contributed by atoms with Gasteiger partial charge in [0, 0.05) is 17.5 Å². The lowest BCUT2D eigenvalue weighted by Crippen LogP contribution is -2.55. The Hall–Kier alpha value is -1.97. The third kappa shape index (κ3) is 7.41. The molecule has 0 radical (unpaired) electrons. The average molecular weight is 439 g/mol. The summed E-state index contributed by atoms with van der Waals surface area (Å²) in [6, 6.07) is 7.58. The van der Waals surface area contributed by atoms with E-state index in [-0.39, 0.29) is 11.9 Å². The van der Waals surface area contributed by atoms with Crippen LogP contribution in [0, 0.1) is 0 Å². The SMILES string of the molecule is CC(=S)CC1CSCC(NC(CCc2ccccc2)C(=O)O)C(=O)N1CC(=O)O. The minimum atomic E-state index is -1.10. The Morgan fingerprint density at radius 1 is 1.28 bits per heavy atom. The molecule has 29 heavy (non-hydrogen) atoms. The monoisotopic (exact) mass is 438 g/mol. The second-order valence-corrected chi connectivity index (χ2v) is 8.86. The molecule has 1 heterocycles. The molecule has 9 heteroatoms. The highest BCUT2D eigenvalue weighted by atomic mass is 32.2. The molecule has 0 saturated carbocycles. The van der Waals surface area contributed by atoms with Gasteiger partial charge >= 0.3 is 11.9 Å². The quantitative estimate of drug-likeness (QED) is 0.475. The van der Waals surface area contributed by atoms with Gasteiger partial charge in [-0.1, -0.05) is 42.5 Å². The summed E-state index contributed by atoms with van der Waals surface area (Å²) in [6.45, 7) is 1.35. The Labute approximate surface area is 179 Å². The first-order valence-electron chi connectivity index (χ1n) is 9.40. The number of nitrogens with one attached hydrogen (secondary N) is 1. The minimum Gasteiger partial charge on any atom is -0.480 e. The second kappa shape index (κ2) is 11.3. The topological polar surface area (TPSA) is 107 Å². The summed E-state index contributed by atoms with van der Waals surface area (Å²) in [5.41, 5.74) is 1.02. The van der Waals surface area contributed by atoms with Gasteiger partial charge in [-0.2, -0.15) is 11.8 Å². The van der Waals surface area contributed by atoms with Crippen LogP contribution < -0.4 is 5.32 Å². The number of carboxylic acid groups (broad SMARTS) is 2. The molecule has 0 bridgehead atoms. The fourth-order valence-corrected chi connectivity index (χ4v) is 4.69. The van der Waals surface area contributed by atoms with E-state index in [4.69, 9.17) is 12.2 Å². The lowest BCUT2D eigenvalue weighted by Gasteiger charge is -2.31. The summed E-state index contributed by atoms with van der Waals surface area (Å²) in [5.74, 6) is -1.57. The molecule has 3 unspecified atom stereocenters. The molecule has 1 aromatic carbocycles. The van der Waals surface area contributed by atoms with E-state index in [0.29, 0.717) is 35.6 Å². The van der Waals surface area contributed by atoms with E-state index >= 15 is 0 Å². The summed E-state index contributed by atoms with van der Waals surface area (Å²) in [6.07, 6.45) is 1.34. The van der Waals surface area contributed by atoms with Gasteiger partial charge in [0.1, 0.15) is 12.6 Å². The van der Waals surface area contributed by atoms with E-state index in [1.54, 1.807) is 6.92 Å². The predicted molar refractivity (Wildman–Crippen MR) is 116 cm³/mol. The number of thioether (sulfide) groups is 1. The van der Waals surface area contributed by atoms with Crippen molar-refractivity contribution in [2.75, 3.05) is 18.1 Å². The zero-order chi connectivity index (χ0) is 21.4. The van der Waals surface area contributed by atoms with Crippen LogP contribution in [0.3, 0.4) is 0 Å². The zero-order valence-electron chi connectivity index (χ0n) is 16.2. The van der Waals surface area contributed by atoms with Crippen LogP contribution in [0.1, 0.15) is 25.3 Å². The highest BCUT2D eigenvalue weighted by Crippen LogP contribution is 2.21. The summed E-state index contributed by atoms with van der Waals surface area (Å²) in [4.78, 5) is 38.1. The molecule has 1 amide bonds. The van der Waals surface area contributed by atoms with E-state index in [1.807, 2.05) is 30.3 Å². The summed E-state index contributed by atoms with van der Waals surface area (Å²) in [7, 11) is 0. The van der Waals surface area contributed by atoms with Gasteiger partial charge in [-0.05, 0) is 36.6 Å². The number of hydrogen-bond acceptors (Lipinski definition) is 6. The maximum atomic E-state index is 13.1. The molecule has 2 rings (SSSR count). The van der Waals surface area contributed by atoms with Gasteiger partial charge in [0.05, 0.1) is 6.04 Å². The Morgan fingerprint density at radius 2 is 1.97 bits per heavy atom. The number of carboxylic acids is 2. The van der Waals surface area contributed by atoms with Gasteiger partial charge < -0.3 is 15.1 Å². The molecular formula is C20H26N2O5S2. The van der Waals surface area contributed by atoms with Crippen LogP contribution in [-0.2, 0) is 20.8 Å². The molecule has 158 valence electrons. The molecule has 1 aromatic rings. The van der Waals surface area contributed by atoms with Gasteiger partial charge in [0.2, 0.25) is 5.91 Å². The Kier molecular flexibility index (Phi) is 9.06. The average Bonchev–Trinajstić information content (AvgIpc) is 2.79. The first-order valence-corrected chi connectivity index (χ1v) is 11.0. The fraction of sp³-hybridized carbons (Fsp3) is 0.500. The molecule has 0 aromatic heterocycles. The largest absolute Gasteiger partial charge is 0.480 e. The third-order valence-electron chi connectivity index (χ3n) is 4.71. The van der Waals surface area contributed by atoms with Gasteiger partial charge in [-0.25, -0.2) is 0 Å². The number of aryl methyl sites for hydroxylation is 1. The molecule has 1 saturated heterocycles. The molecule has 1 fully saturated rings. The molecule has 1 aliphatic rings. The first kappa shape index (κ1) is 23.3. The molecular weight excluding hydrogens is 412 g/mol.